The van der Waals surface area contributed by atoms with E-state index in [2.05, 4.69) is 0 Å². The minimum Gasteiger partial charge on any atom is -0.385 e. The standard InChI is InChI=1S/C10H7FN2O2/c11-8-2-6(4-12)1-7(3-8)10(15)9(14)5-13/h1-3,9-10,14-15H. The minimum absolute atomic E-state index is 0.000556. The Morgan fingerprint density at radius 1 is 1.20 bits per heavy atom. The van der Waals surface area contributed by atoms with Crippen molar-refractivity contribution >= 4 is 0 Å². The average molecular weight is 206 g/mol. The van der Waals surface area contributed by atoms with Gasteiger partial charge in [-0.3, -0.25) is 0 Å². The molecule has 2 N–H and O–H groups in total. The van der Waals surface area contributed by atoms with Crippen LogP contribution >= 0.6 is 0 Å². The van der Waals surface area contributed by atoms with Crippen LogP contribution in [0.5, 0.6) is 0 Å². The molecule has 2 atom stereocenters. The van der Waals surface area contributed by atoms with Crippen molar-refractivity contribution in [3.8, 4) is 12.1 Å². The number of nitriles is 2. The summed E-state index contributed by atoms with van der Waals surface area (Å²) < 4.78 is 12.9. The van der Waals surface area contributed by atoms with Crippen molar-refractivity contribution in [3.63, 3.8) is 0 Å². The number of hydrogen-bond acceptors (Lipinski definition) is 4. The SMILES string of the molecule is N#Cc1cc(F)cc(C(O)C(O)C#N)c1. The van der Waals surface area contributed by atoms with Crippen molar-refractivity contribution in [1.82, 2.24) is 0 Å². The largest absolute Gasteiger partial charge is 0.385 e. The Labute approximate surface area is 85.4 Å². The molecule has 0 bridgehead atoms. The lowest BCUT2D eigenvalue weighted by atomic mass is 10.0. The number of rotatable bonds is 2. The molecule has 0 aliphatic heterocycles. The monoisotopic (exact) mass is 206 g/mol. The maximum absolute atomic E-state index is 12.9. The van der Waals surface area contributed by atoms with Gasteiger partial charge in [0.2, 0.25) is 0 Å². The summed E-state index contributed by atoms with van der Waals surface area (Å²) in [6, 6.07) is 6.30. The van der Waals surface area contributed by atoms with Gasteiger partial charge in [-0.15, -0.1) is 0 Å². The first-order valence-electron chi connectivity index (χ1n) is 4.05. The van der Waals surface area contributed by atoms with Crippen LogP contribution in [0.4, 0.5) is 4.39 Å². The zero-order chi connectivity index (χ0) is 11.4. The lowest BCUT2D eigenvalue weighted by molar-refractivity contribution is 0.0526. The van der Waals surface area contributed by atoms with Gasteiger partial charge in [-0.25, -0.2) is 4.39 Å². The molecule has 0 spiro atoms. The highest BCUT2D eigenvalue weighted by Gasteiger charge is 2.18. The van der Waals surface area contributed by atoms with E-state index in [1.165, 1.54) is 12.1 Å². The molecule has 0 aromatic heterocycles. The van der Waals surface area contributed by atoms with Gasteiger partial charge >= 0.3 is 0 Å². The highest BCUT2D eigenvalue weighted by atomic mass is 19.1. The van der Waals surface area contributed by atoms with E-state index >= 15 is 0 Å². The van der Waals surface area contributed by atoms with Gasteiger partial charge < -0.3 is 10.2 Å². The van der Waals surface area contributed by atoms with Crippen molar-refractivity contribution < 1.29 is 14.6 Å². The zero-order valence-electron chi connectivity index (χ0n) is 7.55. The van der Waals surface area contributed by atoms with Crippen LogP contribution in [0.3, 0.4) is 0 Å². The predicted octanol–water partition coefficient (Wildman–Crippen LogP) is 0.615. The van der Waals surface area contributed by atoms with Crippen molar-refractivity contribution in [2.45, 2.75) is 12.2 Å². The third kappa shape index (κ3) is 2.50. The van der Waals surface area contributed by atoms with Crippen LogP contribution < -0.4 is 0 Å². The topological polar surface area (TPSA) is 88.0 Å². The van der Waals surface area contributed by atoms with E-state index in [9.17, 15) is 9.50 Å². The Hall–Kier alpha value is -1.95. The van der Waals surface area contributed by atoms with Crippen LogP contribution in [-0.2, 0) is 0 Å². The summed E-state index contributed by atoms with van der Waals surface area (Å²) in [6.07, 6.45) is -3.16. The Morgan fingerprint density at radius 3 is 2.40 bits per heavy atom. The molecular formula is C10H7FN2O2. The van der Waals surface area contributed by atoms with Gasteiger partial charge in [0.15, 0.2) is 6.10 Å². The molecule has 2 unspecified atom stereocenters. The fourth-order valence-corrected chi connectivity index (χ4v) is 1.10. The van der Waals surface area contributed by atoms with Crippen LogP contribution in [0.25, 0.3) is 0 Å². The molecule has 0 amide bonds. The predicted molar refractivity (Wildman–Crippen MR) is 47.7 cm³/mol. The number of halogens is 1. The summed E-state index contributed by atoms with van der Waals surface area (Å²) in [5, 5.41) is 35.3. The van der Waals surface area contributed by atoms with Crippen molar-refractivity contribution in [3.05, 3.63) is 35.1 Å². The molecule has 0 saturated heterocycles. The average Bonchev–Trinajstić information content (AvgIpc) is 2.26. The van der Waals surface area contributed by atoms with Gasteiger partial charge in [0.1, 0.15) is 11.9 Å². The number of aliphatic hydroxyl groups excluding tert-OH is 2. The normalized spacial score (nSPS) is 13.7. The summed E-state index contributed by atoms with van der Waals surface area (Å²) in [4.78, 5) is 0. The highest BCUT2D eigenvalue weighted by Crippen LogP contribution is 2.19. The van der Waals surface area contributed by atoms with E-state index in [0.717, 1.165) is 12.1 Å². The maximum atomic E-state index is 12.9. The molecule has 0 fully saturated rings. The molecule has 5 heteroatoms. The molecule has 1 rings (SSSR count). The van der Waals surface area contributed by atoms with E-state index in [0.29, 0.717) is 0 Å². The molecule has 0 saturated carbocycles. The van der Waals surface area contributed by atoms with Crippen molar-refractivity contribution in [2.75, 3.05) is 0 Å². The Kier molecular flexibility index (Phi) is 3.35. The van der Waals surface area contributed by atoms with Crippen LogP contribution in [0, 0.1) is 28.5 Å². The first-order chi connectivity index (χ1) is 7.08. The molecule has 0 heterocycles. The van der Waals surface area contributed by atoms with E-state index in [-0.39, 0.29) is 11.1 Å². The Balaban J connectivity index is 3.11. The minimum atomic E-state index is -1.64. The number of nitrogens with zero attached hydrogens (tertiary/aromatic N) is 2. The molecule has 0 aliphatic rings. The Bertz CT molecular complexity index is 448. The molecular weight excluding hydrogens is 199 g/mol. The van der Waals surface area contributed by atoms with Gasteiger partial charge in [0.25, 0.3) is 0 Å². The van der Waals surface area contributed by atoms with Gasteiger partial charge in [0.05, 0.1) is 17.7 Å². The van der Waals surface area contributed by atoms with Gasteiger partial charge in [0, 0.05) is 0 Å². The van der Waals surface area contributed by atoms with Crippen LogP contribution in [-0.4, -0.2) is 16.3 Å². The van der Waals surface area contributed by atoms with E-state index < -0.39 is 18.0 Å². The lowest BCUT2D eigenvalue weighted by Crippen LogP contribution is -2.16. The summed E-state index contributed by atoms with van der Waals surface area (Å²) in [5.74, 6) is -0.701. The molecule has 1 aromatic rings. The second-order valence-electron chi connectivity index (χ2n) is 2.90. The van der Waals surface area contributed by atoms with Gasteiger partial charge in [-0.05, 0) is 23.8 Å². The van der Waals surface area contributed by atoms with E-state index in [1.807, 2.05) is 0 Å². The summed E-state index contributed by atoms with van der Waals surface area (Å²) in [5.41, 5.74) is 0.0230. The van der Waals surface area contributed by atoms with Crippen molar-refractivity contribution in [1.29, 1.82) is 10.5 Å². The molecule has 0 aliphatic carbocycles. The molecule has 1 aromatic carbocycles. The first kappa shape index (κ1) is 11.1. The second-order valence-corrected chi connectivity index (χ2v) is 2.90. The second kappa shape index (κ2) is 4.52. The third-order valence-corrected chi connectivity index (χ3v) is 1.82. The van der Waals surface area contributed by atoms with Gasteiger partial charge in [-0.1, -0.05) is 0 Å². The van der Waals surface area contributed by atoms with Crippen LogP contribution in [0.15, 0.2) is 18.2 Å². The van der Waals surface area contributed by atoms with Crippen molar-refractivity contribution in [2.24, 2.45) is 0 Å². The maximum Gasteiger partial charge on any atom is 0.170 e. The number of hydrogen-bond donors (Lipinski definition) is 2. The highest BCUT2D eigenvalue weighted by molar-refractivity contribution is 5.35. The number of benzene rings is 1. The lowest BCUT2D eigenvalue weighted by Gasteiger charge is -2.11. The zero-order valence-corrected chi connectivity index (χ0v) is 7.55. The fourth-order valence-electron chi connectivity index (χ4n) is 1.10. The van der Waals surface area contributed by atoms with Gasteiger partial charge in [-0.2, -0.15) is 10.5 Å². The van der Waals surface area contributed by atoms with Crippen LogP contribution in [0.1, 0.15) is 17.2 Å². The van der Waals surface area contributed by atoms with E-state index in [4.69, 9.17) is 15.6 Å². The third-order valence-electron chi connectivity index (χ3n) is 1.82. The molecule has 0 radical (unpaired) electrons. The molecule has 4 nitrogen and oxygen atoms in total. The molecule has 15 heavy (non-hydrogen) atoms. The Morgan fingerprint density at radius 2 is 1.87 bits per heavy atom. The molecule has 76 valence electrons. The summed E-state index contributed by atoms with van der Waals surface area (Å²) in [7, 11) is 0. The fraction of sp³-hybridized carbons (Fsp3) is 0.200. The van der Waals surface area contributed by atoms with Crippen LogP contribution in [0.2, 0.25) is 0 Å². The smallest absolute Gasteiger partial charge is 0.170 e. The summed E-state index contributed by atoms with van der Waals surface area (Å²) >= 11 is 0. The summed E-state index contributed by atoms with van der Waals surface area (Å²) in [6.45, 7) is 0. The first-order valence-corrected chi connectivity index (χ1v) is 4.05. The number of aliphatic hydroxyl groups is 2. The van der Waals surface area contributed by atoms with E-state index in [1.54, 1.807) is 6.07 Å². The quantitative estimate of drug-likeness (QED) is 0.694.